The molecule has 1 heterocycles. The molecule has 1 aromatic carbocycles. The van der Waals surface area contributed by atoms with Crippen molar-refractivity contribution in [3.8, 4) is 0 Å². The first-order chi connectivity index (χ1) is 21.8. The van der Waals surface area contributed by atoms with E-state index in [1.165, 1.54) is 29.2 Å². The van der Waals surface area contributed by atoms with Crippen LogP contribution in [-0.4, -0.2) is 71.1 Å². The lowest BCUT2D eigenvalue weighted by molar-refractivity contribution is -0.148. The molecule has 0 spiro atoms. The maximum atomic E-state index is 14.2. The van der Waals surface area contributed by atoms with Crippen molar-refractivity contribution in [3.63, 3.8) is 0 Å². The first kappa shape index (κ1) is 35.8. The molecule has 0 aromatic heterocycles. The molecule has 13 heteroatoms. The van der Waals surface area contributed by atoms with Gasteiger partial charge in [0.1, 0.15) is 30.5 Å². The summed E-state index contributed by atoms with van der Waals surface area (Å²) in [5.41, 5.74) is 4.83. The zero-order valence-electron chi connectivity index (χ0n) is 28.2. The number of ether oxygens (including phenoxy) is 1. The van der Waals surface area contributed by atoms with Crippen molar-refractivity contribution in [2.75, 3.05) is 6.54 Å². The fourth-order valence-corrected chi connectivity index (χ4v) is 6.61. The minimum Gasteiger partial charge on any atom is -0.459 e. The molecule has 3 aliphatic rings. The molecule has 6 atom stereocenters. The number of ketones is 1. The number of carbonyl (C=O) groups is 6. The summed E-state index contributed by atoms with van der Waals surface area (Å²) in [4.78, 5) is 80.1. The highest BCUT2D eigenvalue weighted by atomic mass is 19.1. The van der Waals surface area contributed by atoms with Gasteiger partial charge in [-0.3, -0.25) is 19.2 Å². The summed E-state index contributed by atoms with van der Waals surface area (Å²) in [6, 6.07) is 0.617. The number of hydrogen-bond acceptors (Lipinski definition) is 7. The van der Waals surface area contributed by atoms with Gasteiger partial charge in [0, 0.05) is 6.54 Å². The number of amides is 5. The molecule has 1 saturated heterocycles. The van der Waals surface area contributed by atoms with E-state index in [1.807, 2.05) is 13.8 Å². The average Bonchev–Trinajstić information content (AvgIpc) is 3.83. The second kappa shape index (κ2) is 13.6. The molecule has 12 nitrogen and oxygen atoms in total. The van der Waals surface area contributed by atoms with Gasteiger partial charge in [-0.25, -0.2) is 14.0 Å². The van der Waals surface area contributed by atoms with E-state index in [9.17, 15) is 33.2 Å². The molecular formula is C34H48FN5O7. The van der Waals surface area contributed by atoms with E-state index >= 15 is 0 Å². The highest BCUT2D eigenvalue weighted by Crippen LogP contribution is 2.65. The number of fused-ring (bicyclic) bond motifs is 1. The number of benzene rings is 1. The normalized spacial score (nSPS) is 23.2. The molecule has 1 aromatic rings. The number of halogens is 1. The van der Waals surface area contributed by atoms with E-state index in [-0.39, 0.29) is 42.2 Å². The van der Waals surface area contributed by atoms with E-state index in [2.05, 4.69) is 16.0 Å². The number of nitrogens with two attached hydrogens (primary N) is 1. The van der Waals surface area contributed by atoms with Gasteiger partial charge in [0.2, 0.25) is 17.6 Å². The lowest BCUT2D eigenvalue weighted by atomic mass is 9.85. The maximum Gasteiger partial charge on any atom is 0.329 e. The fraction of sp³-hybridized carbons (Fsp3) is 0.647. The van der Waals surface area contributed by atoms with E-state index in [1.54, 1.807) is 34.6 Å². The van der Waals surface area contributed by atoms with Crippen LogP contribution in [0.3, 0.4) is 0 Å². The van der Waals surface area contributed by atoms with Crippen molar-refractivity contribution < 1.29 is 37.9 Å². The number of primary amides is 1. The number of urea groups is 1. The van der Waals surface area contributed by atoms with Gasteiger partial charge in [0.15, 0.2) is 0 Å². The molecule has 1 aliphatic heterocycles. The molecule has 47 heavy (non-hydrogen) atoms. The SMILES string of the molecule is CC(C)[C@H](NC(=O)N[C@H](C(=O)N1C[C@H]2[C@@H]([C@H]1C(=O)NC(CC1CC1)C(=O)C(N)=O)C2(C)C)C(C)(C)C)C(=O)OCc1ccc(F)cc1. The largest absolute Gasteiger partial charge is 0.459 e. The molecule has 5 amide bonds. The number of nitrogens with one attached hydrogen (secondary N) is 3. The number of carbonyl (C=O) groups excluding carboxylic acids is 6. The molecule has 2 saturated carbocycles. The van der Waals surface area contributed by atoms with Crippen molar-refractivity contribution in [1.29, 1.82) is 0 Å². The molecule has 2 aliphatic carbocycles. The van der Waals surface area contributed by atoms with Crippen molar-refractivity contribution in [2.24, 2.45) is 40.2 Å². The van der Waals surface area contributed by atoms with Crippen LogP contribution in [0.2, 0.25) is 0 Å². The Balaban J connectivity index is 1.47. The number of rotatable bonds is 13. The van der Waals surface area contributed by atoms with Gasteiger partial charge in [-0.2, -0.15) is 0 Å². The van der Waals surface area contributed by atoms with Crippen LogP contribution in [0.15, 0.2) is 24.3 Å². The van der Waals surface area contributed by atoms with Crippen molar-refractivity contribution >= 4 is 35.5 Å². The fourth-order valence-electron chi connectivity index (χ4n) is 6.61. The van der Waals surface area contributed by atoms with Gasteiger partial charge < -0.3 is 31.3 Å². The van der Waals surface area contributed by atoms with E-state index in [0.29, 0.717) is 12.0 Å². The van der Waals surface area contributed by atoms with E-state index in [4.69, 9.17) is 10.5 Å². The van der Waals surface area contributed by atoms with Crippen LogP contribution >= 0.6 is 0 Å². The van der Waals surface area contributed by atoms with Crippen molar-refractivity contribution in [2.45, 2.75) is 98.5 Å². The topological polar surface area (TPSA) is 177 Å². The summed E-state index contributed by atoms with van der Waals surface area (Å²) in [5.74, 6) is -4.39. The average molecular weight is 658 g/mol. The Morgan fingerprint density at radius 1 is 1.02 bits per heavy atom. The predicted molar refractivity (Wildman–Crippen MR) is 169 cm³/mol. The molecule has 0 radical (unpaired) electrons. The van der Waals surface area contributed by atoms with Gasteiger partial charge in [0.25, 0.3) is 5.91 Å². The maximum absolute atomic E-state index is 14.2. The summed E-state index contributed by atoms with van der Waals surface area (Å²) in [7, 11) is 0. The summed E-state index contributed by atoms with van der Waals surface area (Å²) in [6.45, 7) is 13.0. The van der Waals surface area contributed by atoms with Crippen LogP contribution in [0.25, 0.3) is 0 Å². The number of Topliss-reactive ketones (excluding diaryl/α,β-unsaturated/α-hetero) is 1. The van der Waals surface area contributed by atoms with Gasteiger partial charge in [-0.05, 0) is 58.6 Å². The first-order valence-electron chi connectivity index (χ1n) is 16.3. The predicted octanol–water partition coefficient (Wildman–Crippen LogP) is 2.43. The smallest absolute Gasteiger partial charge is 0.329 e. The Morgan fingerprint density at radius 3 is 2.17 bits per heavy atom. The minimum atomic E-state index is -1.12. The van der Waals surface area contributed by atoms with E-state index < -0.39 is 70.9 Å². The van der Waals surface area contributed by atoms with Crippen LogP contribution in [0.5, 0.6) is 0 Å². The molecule has 4 rings (SSSR count). The molecule has 258 valence electrons. The lowest BCUT2D eigenvalue weighted by Gasteiger charge is -2.38. The van der Waals surface area contributed by atoms with Crippen LogP contribution in [0.4, 0.5) is 9.18 Å². The molecule has 5 N–H and O–H groups in total. The Labute approximate surface area is 275 Å². The second-order valence-corrected chi connectivity index (χ2v) is 15.2. The van der Waals surface area contributed by atoms with Gasteiger partial charge in [-0.1, -0.05) is 73.4 Å². The van der Waals surface area contributed by atoms with E-state index in [0.717, 1.165) is 12.8 Å². The van der Waals surface area contributed by atoms with Crippen LogP contribution in [0.1, 0.15) is 73.3 Å². The van der Waals surface area contributed by atoms with Gasteiger partial charge in [0.05, 0.1) is 6.04 Å². The highest BCUT2D eigenvalue weighted by Gasteiger charge is 2.70. The summed E-state index contributed by atoms with van der Waals surface area (Å²) in [6.07, 6.45) is 2.10. The number of hydrogen-bond donors (Lipinski definition) is 4. The van der Waals surface area contributed by atoms with Gasteiger partial charge in [-0.15, -0.1) is 0 Å². The Morgan fingerprint density at radius 2 is 1.64 bits per heavy atom. The molecular weight excluding hydrogens is 609 g/mol. The third-order valence-corrected chi connectivity index (χ3v) is 9.79. The minimum absolute atomic E-state index is 0.0339. The number of esters is 1. The number of likely N-dealkylation sites (tertiary alicyclic amines) is 1. The summed E-state index contributed by atoms with van der Waals surface area (Å²) < 4.78 is 18.6. The first-order valence-corrected chi connectivity index (χ1v) is 16.3. The zero-order chi connectivity index (χ0) is 35.0. The monoisotopic (exact) mass is 657 g/mol. The summed E-state index contributed by atoms with van der Waals surface area (Å²) >= 11 is 0. The third kappa shape index (κ3) is 8.28. The third-order valence-electron chi connectivity index (χ3n) is 9.79. The highest BCUT2D eigenvalue weighted by molar-refractivity contribution is 6.37. The standard InChI is InChI=1S/C34H48FN5O7/c1-17(2)24(31(45)47-16-19-10-12-20(35)13-11-19)38-32(46)39-27(33(3,4)5)30(44)40-15-21-23(34(21,6)7)25(40)29(43)37-22(14-18-8-9-18)26(41)28(36)42/h10-13,17-18,21-25,27H,8-9,14-16H2,1-7H3,(H2,36,42)(H,37,43)(H2,38,39,46)/t21-,22?,23-,24-,25-,27+/m0/s1. The van der Waals surface area contributed by atoms with Crippen molar-refractivity contribution in [1.82, 2.24) is 20.9 Å². The van der Waals surface area contributed by atoms with Crippen molar-refractivity contribution in [3.05, 3.63) is 35.6 Å². The number of nitrogens with zero attached hydrogens (tertiary/aromatic N) is 1. The Hall–Kier alpha value is -4.03. The van der Waals surface area contributed by atoms with Crippen LogP contribution in [-0.2, 0) is 35.3 Å². The Kier molecular flexibility index (Phi) is 10.4. The second-order valence-electron chi connectivity index (χ2n) is 15.2. The molecule has 3 fully saturated rings. The zero-order valence-corrected chi connectivity index (χ0v) is 28.2. The van der Waals surface area contributed by atoms with Crippen LogP contribution in [0, 0.1) is 40.3 Å². The Bertz CT molecular complexity index is 1400. The van der Waals surface area contributed by atoms with Gasteiger partial charge >= 0.3 is 12.0 Å². The lowest BCUT2D eigenvalue weighted by Crippen LogP contribution is -2.62. The number of piperidine rings is 1. The summed E-state index contributed by atoms with van der Waals surface area (Å²) in [5, 5.41) is 8.10. The molecule has 0 bridgehead atoms. The van der Waals surface area contributed by atoms with Crippen LogP contribution < -0.4 is 21.7 Å². The molecule has 1 unspecified atom stereocenters. The quantitative estimate of drug-likeness (QED) is 0.186.